The number of hydrogen-bond donors (Lipinski definition) is 2. The average Bonchev–Trinajstić information content (AvgIpc) is 2.38. The number of hydrazine groups is 1. The van der Waals surface area contributed by atoms with Crippen LogP contribution in [0.4, 0.5) is 0 Å². The van der Waals surface area contributed by atoms with Crippen molar-refractivity contribution in [2.24, 2.45) is 5.92 Å². The van der Waals surface area contributed by atoms with Crippen molar-refractivity contribution in [2.45, 2.75) is 26.2 Å². The van der Waals surface area contributed by atoms with Crippen molar-refractivity contribution in [3.63, 3.8) is 0 Å². The molecule has 0 fully saturated rings. The Hall–Kier alpha value is -1.29. The van der Waals surface area contributed by atoms with E-state index in [9.17, 15) is 4.79 Å². The molecule has 0 saturated heterocycles. The van der Waals surface area contributed by atoms with Gasteiger partial charge in [-0.25, -0.2) is 0 Å². The fourth-order valence-electron chi connectivity index (χ4n) is 2.01. The second-order valence-corrected chi connectivity index (χ2v) is 5.49. The molecule has 1 aliphatic carbocycles. The third kappa shape index (κ3) is 3.35. The maximum atomic E-state index is 11.9. The average molecular weight is 309 g/mol. The quantitative estimate of drug-likeness (QED) is 0.840. The zero-order valence-corrected chi connectivity index (χ0v) is 12.0. The maximum absolute atomic E-state index is 11.9. The van der Waals surface area contributed by atoms with Crippen molar-refractivity contribution >= 4 is 21.8 Å². The summed E-state index contributed by atoms with van der Waals surface area (Å²) in [6.45, 7) is 2.17. The normalized spacial score (nSPS) is 19.0. The molecular weight excluding hydrogens is 292 g/mol. The van der Waals surface area contributed by atoms with Crippen LogP contribution in [0.1, 0.15) is 36.5 Å². The van der Waals surface area contributed by atoms with Crippen LogP contribution in [0.2, 0.25) is 0 Å². The van der Waals surface area contributed by atoms with Crippen LogP contribution in [-0.4, -0.2) is 5.91 Å². The zero-order chi connectivity index (χ0) is 13.0. The molecule has 0 heterocycles. The van der Waals surface area contributed by atoms with E-state index in [-0.39, 0.29) is 5.91 Å². The van der Waals surface area contributed by atoms with Gasteiger partial charge in [-0.2, -0.15) is 0 Å². The Morgan fingerprint density at radius 3 is 2.72 bits per heavy atom. The lowest BCUT2D eigenvalue weighted by atomic mass is 9.94. The first kappa shape index (κ1) is 13.1. The van der Waals surface area contributed by atoms with Gasteiger partial charge < -0.3 is 5.43 Å². The van der Waals surface area contributed by atoms with Gasteiger partial charge in [0, 0.05) is 15.7 Å². The second kappa shape index (κ2) is 6.05. The SMILES string of the molecule is C[C@H]1CCCC=C1NNC(=O)c1ccc(Br)cc1. The predicted octanol–water partition coefficient (Wildman–Crippen LogP) is 3.39. The van der Waals surface area contributed by atoms with Crippen LogP contribution in [0, 0.1) is 5.92 Å². The summed E-state index contributed by atoms with van der Waals surface area (Å²) in [6.07, 6.45) is 5.65. The van der Waals surface area contributed by atoms with Gasteiger partial charge in [-0.15, -0.1) is 0 Å². The van der Waals surface area contributed by atoms with Crippen molar-refractivity contribution in [3.8, 4) is 0 Å². The summed E-state index contributed by atoms with van der Waals surface area (Å²) in [6, 6.07) is 7.30. The predicted molar refractivity (Wildman–Crippen MR) is 75.8 cm³/mol. The van der Waals surface area contributed by atoms with Gasteiger partial charge in [-0.1, -0.05) is 28.9 Å². The number of rotatable bonds is 3. The fourth-order valence-corrected chi connectivity index (χ4v) is 2.28. The fraction of sp³-hybridized carbons (Fsp3) is 0.357. The maximum Gasteiger partial charge on any atom is 0.269 e. The van der Waals surface area contributed by atoms with Crippen LogP contribution < -0.4 is 10.9 Å². The highest BCUT2D eigenvalue weighted by molar-refractivity contribution is 9.10. The molecular formula is C14H17BrN2O. The van der Waals surface area contributed by atoms with E-state index in [1.165, 1.54) is 12.8 Å². The Bertz CT molecular complexity index is 453. The topological polar surface area (TPSA) is 41.1 Å². The highest BCUT2D eigenvalue weighted by Gasteiger charge is 2.13. The first-order valence-electron chi connectivity index (χ1n) is 6.19. The molecule has 4 heteroatoms. The molecule has 3 nitrogen and oxygen atoms in total. The minimum absolute atomic E-state index is 0.110. The van der Waals surface area contributed by atoms with E-state index < -0.39 is 0 Å². The van der Waals surface area contributed by atoms with Gasteiger partial charge in [0.2, 0.25) is 0 Å². The molecule has 0 bridgehead atoms. The number of nitrogens with one attached hydrogen (secondary N) is 2. The second-order valence-electron chi connectivity index (χ2n) is 4.58. The number of carbonyl (C=O) groups is 1. The molecule has 2 N–H and O–H groups in total. The summed E-state index contributed by atoms with van der Waals surface area (Å²) in [7, 11) is 0. The lowest BCUT2D eigenvalue weighted by molar-refractivity contribution is 0.0936. The number of halogens is 1. The number of benzene rings is 1. The Balaban J connectivity index is 1.92. The van der Waals surface area contributed by atoms with E-state index in [0.29, 0.717) is 11.5 Å². The van der Waals surface area contributed by atoms with Gasteiger partial charge in [-0.05, 0) is 49.4 Å². The van der Waals surface area contributed by atoms with Crippen molar-refractivity contribution in [2.75, 3.05) is 0 Å². The molecule has 18 heavy (non-hydrogen) atoms. The molecule has 0 aromatic heterocycles. The number of hydrogen-bond acceptors (Lipinski definition) is 2. The minimum Gasteiger partial charge on any atom is -0.303 e. The third-order valence-corrected chi connectivity index (χ3v) is 3.69. The number of amides is 1. The first-order chi connectivity index (χ1) is 8.66. The van der Waals surface area contributed by atoms with E-state index in [1.807, 2.05) is 12.1 Å². The molecule has 1 aromatic rings. The Labute approximate surface area is 116 Å². The summed E-state index contributed by atoms with van der Waals surface area (Å²) < 4.78 is 0.968. The Morgan fingerprint density at radius 2 is 2.06 bits per heavy atom. The lowest BCUT2D eigenvalue weighted by Gasteiger charge is -2.22. The van der Waals surface area contributed by atoms with Crippen LogP contribution in [0.15, 0.2) is 40.5 Å². The van der Waals surface area contributed by atoms with E-state index >= 15 is 0 Å². The molecule has 1 aliphatic rings. The molecule has 0 spiro atoms. The molecule has 0 radical (unpaired) electrons. The molecule has 1 aromatic carbocycles. The van der Waals surface area contributed by atoms with Gasteiger partial charge in [0.25, 0.3) is 5.91 Å². The number of allylic oxidation sites excluding steroid dienone is 2. The van der Waals surface area contributed by atoms with Crippen molar-refractivity contribution in [1.29, 1.82) is 0 Å². The molecule has 0 saturated carbocycles. The van der Waals surface area contributed by atoms with Crippen molar-refractivity contribution in [1.82, 2.24) is 10.9 Å². The number of carbonyl (C=O) groups excluding carboxylic acids is 1. The summed E-state index contributed by atoms with van der Waals surface area (Å²) in [4.78, 5) is 11.9. The Kier molecular flexibility index (Phi) is 4.42. The summed E-state index contributed by atoms with van der Waals surface area (Å²) in [5.74, 6) is 0.380. The van der Waals surface area contributed by atoms with Crippen LogP contribution >= 0.6 is 15.9 Å². The molecule has 1 amide bonds. The molecule has 96 valence electrons. The van der Waals surface area contributed by atoms with E-state index in [0.717, 1.165) is 16.6 Å². The smallest absolute Gasteiger partial charge is 0.269 e. The van der Waals surface area contributed by atoms with Gasteiger partial charge in [0.1, 0.15) is 0 Å². The van der Waals surface area contributed by atoms with Gasteiger partial charge in [0.05, 0.1) is 0 Å². The third-order valence-electron chi connectivity index (χ3n) is 3.16. The van der Waals surface area contributed by atoms with E-state index in [1.54, 1.807) is 12.1 Å². The molecule has 0 aliphatic heterocycles. The lowest BCUT2D eigenvalue weighted by Crippen LogP contribution is -2.38. The Morgan fingerprint density at radius 1 is 1.33 bits per heavy atom. The molecule has 2 rings (SSSR count). The van der Waals surface area contributed by atoms with E-state index in [4.69, 9.17) is 0 Å². The van der Waals surface area contributed by atoms with Gasteiger partial charge in [-0.3, -0.25) is 10.2 Å². The summed E-state index contributed by atoms with van der Waals surface area (Å²) >= 11 is 3.35. The monoisotopic (exact) mass is 308 g/mol. The highest BCUT2D eigenvalue weighted by Crippen LogP contribution is 2.21. The standard InChI is InChI=1S/C14H17BrN2O/c1-10-4-2-3-5-13(10)16-17-14(18)11-6-8-12(15)9-7-11/h5-10,16H,2-4H2,1H3,(H,17,18)/t10-/m0/s1. The van der Waals surface area contributed by atoms with E-state index in [2.05, 4.69) is 39.8 Å². The highest BCUT2D eigenvalue weighted by atomic mass is 79.9. The van der Waals surface area contributed by atoms with Gasteiger partial charge in [0.15, 0.2) is 0 Å². The van der Waals surface area contributed by atoms with Crippen LogP contribution in [0.25, 0.3) is 0 Å². The first-order valence-corrected chi connectivity index (χ1v) is 6.98. The molecule has 0 unspecified atom stereocenters. The van der Waals surface area contributed by atoms with Crippen LogP contribution in [0.5, 0.6) is 0 Å². The van der Waals surface area contributed by atoms with Gasteiger partial charge >= 0.3 is 0 Å². The molecule has 1 atom stereocenters. The van der Waals surface area contributed by atoms with Crippen LogP contribution in [0.3, 0.4) is 0 Å². The van der Waals surface area contributed by atoms with Crippen LogP contribution in [-0.2, 0) is 0 Å². The summed E-state index contributed by atoms with van der Waals surface area (Å²) in [5, 5.41) is 0. The zero-order valence-electron chi connectivity index (χ0n) is 10.4. The van der Waals surface area contributed by atoms with Crippen molar-refractivity contribution < 1.29 is 4.79 Å². The largest absolute Gasteiger partial charge is 0.303 e. The summed E-state index contributed by atoms with van der Waals surface area (Å²) in [5.41, 5.74) is 7.55. The minimum atomic E-state index is -0.110. The van der Waals surface area contributed by atoms with Crippen molar-refractivity contribution in [3.05, 3.63) is 46.1 Å².